The molecule has 1 rings (SSSR count). The first kappa shape index (κ1) is 16.5. The molecule has 0 bridgehead atoms. The Morgan fingerprint density at radius 3 is 2.40 bits per heavy atom. The van der Waals surface area contributed by atoms with Gasteiger partial charge < -0.3 is 14.8 Å². The Balaban J connectivity index is 2.44. The van der Waals surface area contributed by atoms with Crippen molar-refractivity contribution in [1.29, 1.82) is 0 Å². The van der Waals surface area contributed by atoms with E-state index in [1.165, 1.54) is 12.7 Å². The van der Waals surface area contributed by atoms with Crippen LogP contribution in [0.15, 0.2) is 24.3 Å². The molecule has 0 spiro atoms. The van der Waals surface area contributed by atoms with Crippen LogP contribution in [0.4, 0.5) is 0 Å². The molecular weight excluding hydrogens is 254 g/mol. The molecule has 112 valence electrons. The van der Waals surface area contributed by atoms with Crippen molar-refractivity contribution in [3.63, 3.8) is 0 Å². The van der Waals surface area contributed by atoms with E-state index in [0.717, 1.165) is 12.2 Å². The molecule has 0 aliphatic carbocycles. The highest BCUT2D eigenvalue weighted by Gasteiger charge is 2.19. The lowest BCUT2D eigenvalue weighted by Gasteiger charge is -2.19. The van der Waals surface area contributed by atoms with Crippen molar-refractivity contribution in [2.24, 2.45) is 0 Å². The lowest BCUT2D eigenvalue weighted by Crippen LogP contribution is -2.42. The van der Waals surface area contributed by atoms with E-state index in [2.05, 4.69) is 24.4 Å². The van der Waals surface area contributed by atoms with Crippen molar-refractivity contribution in [2.45, 2.75) is 45.7 Å². The number of hydrogen-bond acceptors (Lipinski definition) is 4. The SMILES string of the molecule is CCc1ccc(OCCC(NC(C)C)C(=O)OC)cc1. The monoisotopic (exact) mass is 279 g/mol. The molecule has 0 amide bonds. The van der Waals surface area contributed by atoms with Gasteiger partial charge in [0.15, 0.2) is 0 Å². The molecule has 0 saturated heterocycles. The summed E-state index contributed by atoms with van der Waals surface area (Å²) in [4.78, 5) is 11.6. The van der Waals surface area contributed by atoms with E-state index in [9.17, 15) is 4.79 Å². The van der Waals surface area contributed by atoms with E-state index in [4.69, 9.17) is 9.47 Å². The third-order valence-electron chi connectivity index (χ3n) is 3.03. The summed E-state index contributed by atoms with van der Waals surface area (Å²) in [5.41, 5.74) is 1.28. The molecule has 0 radical (unpaired) electrons. The van der Waals surface area contributed by atoms with Crippen LogP contribution in [0.2, 0.25) is 0 Å². The summed E-state index contributed by atoms with van der Waals surface area (Å²) >= 11 is 0. The molecule has 0 aromatic heterocycles. The molecule has 20 heavy (non-hydrogen) atoms. The van der Waals surface area contributed by atoms with Gasteiger partial charge in [0.25, 0.3) is 0 Å². The van der Waals surface area contributed by atoms with Crippen molar-refractivity contribution in [3.8, 4) is 5.75 Å². The topological polar surface area (TPSA) is 47.6 Å². The van der Waals surface area contributed by atoms with Crippen LogP contribution in [0.25, 0.3) is 0 Å². The molecule has 0 fully saturated rings. The maximum atomic E-state index is 11.6. The Morgan fingerprint density at radius 2 is 1.90 bits per heavy atom. The second-order valence-electron chi connectivity index (χ2n) is 5.03. The fourth-order valence-electron chi connectivity index (χ4n) is 1.93. The number of carbonyl (C=O) groups excluding carboxylic acids is 1. The minimum Gasteiger partial charge on any atom is -0.494 e. The summed E-state index contributed by atoms with van der Waals surface area (Å²) in [7, 11) is 1.40. The summed E-state index contributed by atoms with van der Waals surface area (Å²) in [6.45, 7) is 6.60. The highest BCUT2D eigenvalue weighted by atomic mass is 16.5. The number of nitrogens with one attached hydrogen (secondary N) is 1. The van der Waals surface area contributed by atoms with Crippen molar-refractivity contribution >= 4 is 5.97 Å². The zero-order valence-electron chi connectivity index (χ0n) is 12.8. The summed E-state index contributed by atoms with van der Waals surface area (Å²) in [5, 5.41) is 3.18. The highest BCUT2D eigenvalue weighted by molar-refractivity contribution is 5.75. The molecule has 4 heteroatoms. The van der Waals surface area contributed by atoms with Crippen molar-refractivity contribution in [1.82, 2.24) is 5.32 Å². The number of rotatable bonds is 8. The molecule has 1 unspecified atom stereocenters. The van der Waals surface area contributed by atoms with Gasteiger partial charge in [0.05, 0.1) is 13.7 Å². The normalized spacial score (nSPS) is 12.2. The van der Waals surface area contributed by atoms with Gasteiger partial charge >= 0.3 is 5.97 Å². The lowest BCUT2D eigenvalue weighted by molar-refractivity contribution is -0.143. The van der Waals surface area contributed by atoms with E-state index in [1.54, 1.807) is 0 Å². The van der Waals surface area contributed by atoms with Gasteiger partial charge in [-0.1, -0.05) is 32.9 Å². The minimum absolute atomic E-state index is 0.225. The fraction of sp³-hybridized carbons (Fsp3) is 0.562. The van der Waals surface area contributed by atoms with Gasteiger partial charge in [0.2, 0.25) is 0 Å². The first-order valence-electron chi connectivity index (χ1n) is 7.12. The number of esters is 1. The third-order valence-corrected chi connectivity index (χ3v) is 3.03. The van der Waals surface area contributed by atoms with Crippen molar-refractivity contribution in [3.05, 3.63) is 29.8 Å². The van der Waals surface area contributed by atoms with Crippen molar-refractivity contribution < 1.29 is 14.3 Å². The zero-order chi connectivity index (χ0) is 15.0. The second kappa shape index (κ2) is 8.59. The number of benzene rings is 1. The molecule has 0 heterocycles. The quantitative estimate of drug-likeness (QED) is 0.743. The van der Waals surface area contributed by atoms with Gasteiger partial charge in [0, 0.05) is 12.5 Å². The number of hydrogen-bond donors (Lipinski definition) is 1. The van der Waals surface area contributed by atoms with Gasteiger partial charge in [-0.25, -0.2) is 0 Å². The van der Waals surface area contributed by atoms with Crippen LogP contribution >= 0.6 is 0 Å². The fourth-order valence-corrected chi connectivity index (χ4v) is 1.93. The van der Waals surface area contributed by atoms with Crippen LogP contribution in [0.1, 0.15) is 32.8 Å². The largest absolute Gasteiger partial charge is 0.494 e. The molecule has 1 N–H and O–H groups in total. The lowest BCUT2D eigenvalue weighted by atomic mass is 10.1. The number of aryl methyl sites for hydroxylation is 1. The van der Waals surface area contributed by atoms with E-state index >= 15 is 0 Å². The molecule has 0 saturated carbocycles. The summed E-state index contributed by atoms with van der Waals surface area (Å²) in [6.07, 6.45) is 1.60. The molecular formula is C16H25NO3. The van der Waals surface area contributed by atoms with Crippen LogP contribution < -0.4 is 10.1 Å². The molecule has 1 aromatic carbocycles. The van der Waals surface area contributed by atoms with E-state index < -0.39 is 0 Å². The smallest absolute Gasteiger partial charge is 0.322 e. The van der Waals surface area contributed by atoms with Gasteiger partial charge in [-0.15, -0.1) is 0 Å². The zero-order valence-corrected chi connectivity index (χ0v) is 12.8. The van der Waals surface area contributed by atoms with E-state index in [-0.39, 0.29) is 18.1 Å². The molecule has 0 aliphatic rings. The van der Waals surface area contributed by atoms with Crippen LogP contribution in [0.3, 0.4) is 0 Å². The molecule has 0 aliphatic heterocycles. The summed E-state index contributed by atoms with van der Waals surface area (Å²) in [5.74, 6) is 0.582. The molecule has 4 nitrogen and oxygen atoms in total. The number of ether oxygens (including phenoxy) is 2. The van der Waals surface area contributed by atoms with Crippen LogP contribution in [0, 0.1) is 0 Å². The van der Waals surface area contributed by atoms with Gasteiger partial charge in [-0.05, 0) is 24.1 Å². The Bertz CT molecular complexity index is 401. The van der Waals surface area contributed by atoms with Gasteiger partial charge in [0.1, 0.15) is 11.8 Å². The van der Waals surface area contributed by atoms with E-state index in [1.807, 2.05) is 26.0 Å². The third kappa shape index (κ3) is 5.61. The first-order chi connectivity index (χ1) is 9.56. The van der Waals surface area contributed by atoms with Gasteiger partial charge in [-0.3, -0.25) is 4.79 Å². The van der Waals surface area contributed by atoms with E-state index in [0.29, 0.717) is 13.0 Å². The molecule has 1 aromatic rings. The Hall–Kier alpha value is -1.55. The second-order valence-corrected chi connectivity index (χ2v) is 5.03. The number of carbonyl (C=O) groups is 1. The Labute approximate surface area is 121 Å². The minimum atomic E-state index is -0.324. The maximum absolute atomic E-state index is 11.6. The predicted octanol–water partition coefficient (Wildman–Crippen LogP) is 2.56. The van der Waals surface area contributed by atoms with Crippen LogP contribution in [0.5, 0.6) is 5.75 Å². The first-order valence-corrected chi connectivity index (χ1v) is 7.12. The number of methoxy groups -OCH3 is 1. The predicted molar refractivity (Wildman–Crippen MR) is 80.0 cm³/mol. The summed E-state index contributed by atoms with van der Waals surface area (Å²) in [6, 6.07) is 7.93. The molecule has 1 atom stereocenters. The highest BCUT2D eigenvalue weighted by Crippen LogP contribution is 2.13. The maximum Gasteiger partial charge on any atom is 0.322 e. The van der Waals surface area contributed by atoms with Gasteiger partial charge in [-0.2, -0.15) is 0 Å². The Morgan fingerprint density at radius 1 is 1.25 bits per heavy atom. The standard InChI is InChI=1S/C16H25NO3/c1-5-13-6-8-14(9-7-13)20-11-10-15(16(18)19-4)17-12(2)3/h6-9,12,15,17H,5,10-11H2,1-4H3. The summed E-state index contributed by atoms with van der Waals surface area (Å²) < 4.78 is 10.5. The average molecular weight is 279 g/mol. The average Bonchev–Trinajstić information content (AvgIpc) is 2.45. The van der Waals surface area contributed by atoms with Crippen molar-refractivity contribution in [2.75, 3.05) is 13.7 Å². The van der Waals surface area contributed by atoms with Crippen LogP contribution in [-0.4, -0.2) is 31.8 Å². The Kier molecular flexibility index (Phi) is 7.09. The van der Waals surface area contributed by atoms with Crippen LogP contribution in [-0.2, 0) is 16.0 Å².